The Labute approximate surface area is 221 Å². The van der Waals surface area contributed by atoms with Gasteiger partial charge in [-0.2, -0.15) is 9.50 Å². The highest BCUT2D eigenvalue weighted by atomic mass is 32.2. The molecule has 2 N–H and O–H groups in total. The number of nitrogens with zero attached hydrogens (tertiary/aromatic N) is 5. The third kappa shape index (κ3) is 4.67. The first-order chi connectivity index (χ1) is 18.3. The van der Waals surface area contributed by atoms with Crippen LogP contribution in [0.4, 0.5) is 17.5 Å². The van der Waals surface area contributed by atoms with Gasteiger partial charge in [0.05, 0.1) is 4.90 Å². The standard InChI is InChI=1S/C27H31N7O3S/c1-32(2)22-8-3-7-21-20(22)6-4-9-23(21)38(36,37)31-19-14-16-33(17-15-19)25-11-5-10-24-28-27(30-34(24)25)29-26(35)18-12-13-18/h3-11,18-19,31H,12-17H2,1-2H3,(H,29,30,35). The number of amides is 1. The van der Waals surface area contributed by atoms with Gasteiger partial charge >= 0.3 is 0 Å². The molecule has 1 amide bonds. The van der Waals surface area contributed by atoms with E-state index in [0.717, 1.165) is 29.7 Å². The van der Waals surface area contributed by atoms with Crippen LogP contribution in [0, 0.1) is 5.92 Å². The second kappa shape index (κ2) is 9.55. The number of fused-ring (bicyclic) bond motifs is 2. The van der Waals surface area contributed by atoms with Gasteiger partial charge in [0.15, 0.2) is 5.65 Å². The van der Waals surface area contributed by atoms with Crippen LogP contribution in [0.15, 0.2) is 59.5 Å². The molecule has 10 nitrogen and oxygen atoms in total. The number of pyridine rings is 1. The fourth-order valence-corrected chi connectivity index (χ4v) is 6.67. The molecule has 11 heteroatoms. The van der Waals surface area contributed by atoms with Crippen molar-refractivity contribution in [2.45, 2.75) is 36.6 Å². The molecular formula is C27H31N7O3S. The van der Waals surface area contributed by atoms with E-state index in [0.29, 0.717) is 47.8 Å². The van der Waals surface area contributed by atoms with Crippen molar-refractivity contribution in [3.8, 4) is 0 Å². The maximum absolute atomic E-state index is 13.5. The van der Waals surface area contributed by atoms with Crippen LogP contribution in [0.2, 0.25) is 0 Å². The highest BCUT2D eigenvalue weighted by molar-refractivity contribution is 7.89. The van der Waals surface area contributed by atoms with Crippen molar-refractivity contribution in [3.63, 3.8) is 0 Å². The largest absolute Gasteiger partial charge is 0.377 e. The van der Waals surface area contributed by atoms with Crippen molar-refractivity contribution in [1.29, 1.82) is 0 Å². The van der Waals surface area contributed by atoms with Gasteiger partial charge in [-0.25, -0.2) is 13.1 Å². The Bertz CT molecular complexity index is 1620. The molecule has 0 spiro atoms. The molecule has 1 aliphatic carbocycles. The Morgan fingerprint density at radius 2 is 1.66 bits per heavy atom. The molecule has 1 saturated heterocycles. The van der Waals surface area contributed by atoms with E-state index in [-0.39, 0.29) is 17.9 Å². The number of carbonyl (C=O) groups excluding carboxylic acids is 1. The Balaban J connectivity index is 1.17. The lowest BCUT2D eigenvalue weighted by Crippen LogP contribution is -2.45. The molecule has 0 radical (unpaired) electrons. The van der Waals surface area contributed by atoms with Crippen molar-refractivity contribution < 1.29 is 13.2 Å². The molecule has 1 saturated carbocycles. The maximum Gasteiger partial charge on any atom is 0.249 e. The van der Waals surface area contributed by atoms with Gasteiger partial charge in [0.1, 0.15) is 5.82 Å². The SMILES string of the molecule is CN(C)c1cccc2c(S(=O)(=O)NC3CCN(c4cccc5nc(NC(=O)C6CC6)nn45)CC3)cccc12. The fourth-order valence-electron chi connectivity index (χ4n) is 5.14. The van der Waals surface area contributed by atoms with E-state index in [9.17, 15) is 13.2 Å². The normalized spacial score (nSPS) is 16.7. The molecule has 2 aromatic heterocycles. The zero-order valence-corrected chi connectivity index (χ0v) is 22.3. The Kier molecular flexibility index (Phi) is 6.19. The summed E-state index contributed by atoms with van der Waals surface area (Å²) < 4.78 is 31.6. The average molecular weight is 534 g/mol. The number of aromatic nitrogens is 3. The van der Waals surface area contributed by atoms with Gasteiger partial charge in [-0.15, -0.1) is 5.10 Å². The van der Waals surface area contributed by atoms with Crippen molar-refractivity contribution in [2.24, 2.45) is 5.92 Å². The molecule has 2 aliphatic rings. The van der Waals surface area contributed by atoms with E-state index in [4.69, 9.17) is 0 Å². The van der Waals surface area contributed by atoms with E-state index >= 15 is 0 Å². The Hall–Kier alpha value is -3.70. The second-order valence-corrected chi connectivity index (χ2v) is 11.9. The summed E-state index contributed by atoms with van der Waals surface area (Å²) >= 11 is 0. The molecule has 3 heterocycles. The number of rotatable bonds is 7. The van der Waals surface area contributed by atoms with Gasteiger partial charge in [-0.3, -0.25) is 10.1 Å². The van der Waals surface area contributed by atoms with Crippen LogP contribution in [-0.2, 0) is 14.8 Å². The minimum absolute atomic E-state index is 0.0281. The summed E-state index contributed by atoms with van der Waals surface area (Å²) in [5, 5.41) is 8.96. The lowest BCUT2D eigenvalue weighted by molar-refractivity contribution is -0.117. The van der Waals surface area contributed by atoms with Crippen molar-refractivity contribution in [3.05, 3.63) is 54.6 Å². The summed E-state index contributed by atoms with van der Waals surface area (Å²) in [5.74, 6) is 1.23. The van der Waals surface area contributed by atoms with Gasteiger partial charge < -0.3 is 9.80 Å². The van der Waals surface area contributed by atoms with Gasteiger partial charge in [-0.1, -0.05) is 30.3 Å². The van der Waals surface area contributed by atoms with Gasteiger partial charge in [0.2, 0.25) is 21.9 Å². The number of hydrogen-bond acceptors (Lipinski definition) is 7. The molecule has 0 bridgehead atoms. The first kappa shape index (κ1) is 24.6. The molecular weight excluding hydrogens is 502 g/mol. The zero-order valence-electron chi connectivity index (χ0n) is 21.5. The van der Waals surface area contributed by atoms with Crippen LogP contribution in [-0.4, -0.2) is 62.1 Å². The lowest BCUT2D eigenvalue weighted by Gasteiger charge is -2.33. The van der Waals surface area contributed by atoms with Gasteiger partial charge in [0.25, 0.3) is 0 Å². The number of anilines is 3. The highest BCUT2D eigenvalue weighted by Gasteiger charge is 2.31. The third-order valence-corrected chi connectivity index (χ3v) is 8.87. The summed E-state index contributed by atoms with van der Waals surface area (Å²) in [7, 11) is 0.192. The number of carbonyl (C=O) groups is 1. The number of hydrogen-bond donors (Lipinski definition) is 2. The van der Waals surface area contributed by atoms with Gasteiger partial charge in [0, 0.05) is 55.6 Å². The Morgan fingerprint density at radius 3 is 2.39 bits per heavy atom. The van der Waals surface area contributed by atoms with Crippen LogP contribution >= 0.6 is 0 Å². The smallest absolute Gasteiger partial charge is 0.249 e. The van der Waals surface area contributed by atoms with Crippen molar-refractivity contribution in [2.75, 3.05) is 42.3 Å². The van der Waals surface area contributed by atoms with E-state index in [1.807, 2.05) is 61.5 Å². The first-order valence-corrected chi connectivity index (χ1v) is 14.4. The number of sulfonamides is 1. The molecule has 4 aromatic rings. The molecule has 198 valence electrons. The van der Waals surface area contributed by atoms with Crippen molar-refractivity contribution in [1.82, 2.24) is 19.3 Å². The second-order valence-electron chi connectivity index (χ2n) is 10.3. The van der Waals surface area contributed by atoms with Crippen LogP contribution in [0.25, 0.3) is 16.4 Å². The lowest BCUT2D eigenvalue weighted by atomic mass is 10.1. The zero-order chi connectivity index (χ0) is 26.4. The molecule has 0 unspecified atom stereocenters. The van der Waals surface area contributed by atoms with Gasteiger partial charge in [-0.05, 0) is 49.9 Å². The van der Waals surface area contributed by atoms with Crippen LogP contribution in [0.5, 0.6) is 0 Å². The summed E-state index contributed by atoms with van der Waals surface area (Å²) in [6.07, 6.45) is 3.15. The van der Waals surface area contributed by atoms with E-state index < -0.39 is 10.0 Å². The van der Waals surface area contributed by atoms with E-state index in [1.54, 1.807) is 16.6 Å². The molecule has 2 aromatic carbocycles. The monoisotopic (exact) mass is 533 g/mol. The summed E-state index contributed by atoms with van der Waals surface area (Å²) in [5.41, 5.74) is 1.63. The van der Waals surface area contributed by atoms with Crippen LogP contribution in [0.1, 0.15) is 25.7 Å². The minimum atomic E-state index is -3.71. The fraction of sp³-hybridized carbons (Fsp3) is 0.370. The quantitative estimate of drug-likeness (QED) is 0.375. The number of benzene rings is 2. The number of nitrogens with one attached hydrogen (secondary N) is 2. The first-order valence-electron chi connectivity index (χ1n) is 12.9. The highest BCUT2D eigenvalue weighted by Crippen LogP contribution is 2.31. The predicted octanol–water partition coefficient (Wildman–Crippen LogP) is 3.24. The predicted molar refractivity (Wildman–Crippen MR) is 148 cm³/mol. The Morgan fingerprint density at radius 1 is 0.947 bits per heavy atom. The topological polar surface area (TPSA) is 112 Å². The molecule has 0 atom stereocenters. The third-order valence-electron chi connectivity index (χ3n) is 7.29. The molecule has 38 heavy (non-hydrogen) atoms. The van der Waals surface area contributed by atoms with Crippen LogP contribution in [0.3, 0.4) is 0 Å². The average Bonchev–Trinajstić information content (AvgIpc) is 3.68. The summed E-state index contributed by atoms with van der Waals surface area (Å²) in [6, 6.07) is 16.7. The number of piperidine rings is 1. The molecule has 2 fully saturated rings. The van der Waals surface area contributed by atoms with E-state index in [2.05, 4.69) is 25.0 Å². The van der Waals surface area contributed by atoms with Crippen LogP contribution < -0.4 is 19.8 Å². The molecule has 6 rings (SSSR count). The van der Waals surface area contributed by atoms with E-state index in [1.165, 1.54) is 0 Å². The maximum atomic E-state index is 13.5. The molecule has 1 aliphatic heterocycles. The van der Waals surface area contributed by atoms with Crippen molar-refractivity contribution >= 4 is 49.8 Å². The minimum Gasteiger partial charge on any atom is -0.377 e. The summed E-state index contributed by atoms with van der Waals surface area (Å²) in [6.45, 7) is 1.33. The summed E-state index contributed by atoms with van der Waals surface area (Å²) in [4.78, 5) is 21.1.